The maximum atomic E-state index is 12.3. The van der Waals surface area contributed by atoms with Gasteiger partial charge in [0.15, 0.2) is 0 Å². The lowest BCUT2D eigenvalue weighted by atomic mass is 10.0. The zero-order valence-electron chi connectivity index (χ0n) is 27.3. The number of aryl methyl sites for hydroxylation is 2. The second kappa shape index (κ2) is 26.5. The first-order valence-electron chi connectivity index (χ1n) is 15.9. The molecular weight excluding hydrogens is 628 g/mol. The molecule has 0 radical (unpaired) electrons. The molecule has 13 heteroatoms. The van der Waals surface area contributed by atoms with Crippen molar-refractivity contribution in [2.45, 2.75) is 63.8 Å². The summed E-state index contributed by atoms with van der Waals surface area (Å²) < 4.78 is 15.3. The van der Waals surface area contributed by atoms with Crippen molar-refractivity contribution in [1.82, 2.24) is 16.1 Å². The van der Waals surface area contributed by atoms with E-state index in [1.54, 1.807) is 7.11 Å². The molecule has 0 fully saturated rings. The van der Waals surface area contributed by atoms with Crippen LogP contribution in [0.5, 0.6) is 0 Å². The van der Waals surface area contributed by atoms with Gasteiger partial charge in [-0.3, -0.25) is 14.4 Å². The summed E-state index contributed by atoms with van der Waals surface area (Å²) in [5.74, 6) is -1.72. The van der Waals surface area contributed by atoms with Crippen LogP contribution in [0, 0.1) is 0 Å². The molecule has 0 unspecified atom stereocenters. The van der Waals surface area contributed by atoms with Gasteiger partial charge >= 0.3 is 5.97 Å². The number of unbranched alkanes of at least 4 members (excludes halogenated alkanes) is 2. The monoisotopic (exact) mass is 678 g/mol. The van der Waals surface area contributed by atoms with E-state index >= 15 is 0 Å². The molecule has 0 saturated heterocycles. The van der Waals surface area contributed by atoms with Gasteiger partial charge in [-0.25, -0.2) is 4.79 Å². The number of hydroxylamine groups is 1. The third-order valence-corrected chi connectivity index (χ3v) is 6.92. The van der Waals surface area contributed by atoms with E-state index < -0.39 is 17.9 Å². The smallest absolute Gasteiger partial charge is 0.334 e. The summed E-state index contributed by atoms with van der Waals surface area (Å²) in [5.41, 5.74) is 11.4. The third-order valence-electron chi connectivity index (χ3n) is 6.92. The number of methoxy groups -OCH3 is 1. The van der Waals surface area contributed by atoms with Gasteiger partial charge < -0.3 is 35.4 Å². The second-order valence-corrected chi connectivity index (χ2v) is 10.8. The van der Waals surface area contributed by atoms with E-state index in [1.165, 1.54) is 5.56 Å². The largest absolute Gasteiger partial charge is 0.382 e. The number of hydrogen-bond donors (Lipinski definition) is 4. The van der Waals surface area contributed by atoms with Crippen LogP contribution in [0.3, 0.4) is 0 Å². The average molecular weight is 679 g/mol. The molecule has 2 rings (SSSR count). The van der Waals surface area contributed by atoms with Gasteiger partial charge in [0.1, 0.15) is 6.61 Å². The Morgan fingerprint density at radius 1 is 0.745 bits per heavy atom. The number of ether oxygens (including phenoxy) is 3. The fraction of sp³-hybridized carbons (Fsp3) is 0.529. The maximum absolute atomic E-state index is 12.3. The van der Waals surface area contributed by atoms with Gasteiger partial charge in [-0.1, -0.05) is 54.6 Å². The third kappa shape index (κ3) is 21.0. The SMILES string of the molecule is COCCOCCOCC(=O)NCCCC[C@H](N)C(=O)NCCC(=O)ONC(=O)Cc1cccc(CCCCc2ccccc2)c1.Cl. The quantitative estimate of drug-likeness (QED) is 0.0964. The number of rotatable bonds is 24. The Hall–Kier alpha value is -3.55. The molecule has 262 valence electrons. The van der Waals surface area contributed by atoms with Crippen LogP contribution in [-0.2, 0) is 57.5 Å². The lowest BCUT2D eigenvalue weighted by Gasteiger charge is -2.12. The zero-order valence-corrected chi connectivity index (χ0v) is 28.2. The number of carbonyl (C=O) groups excluding carboxylic acids is 4. The first kappa shape index (κ1) is 41.5. The van der Waals surface area contributed by atoms with Gasteiger partial charge in [-0.2, -0.15) is 5.48 Å². The predicted octanol–water partition coefficient (Wildman–Crippen LogP) is 2.59. The van der Waals surface area contributed by atoms with Crippen molar-refractivity contribution in [2.24, 2.45) is 5.73 Å². The highest BCUT2D eigenvalue weighted by molar-refractivity contribution is 5.85. The number of nitrogens with two attached hydrogens (primary N) is 1. The number of halogens is 1. The summed E-state index contributed by atoms with van der Waals surface area (Å²) >= 11 is 0. The zero-order chi connectivity index (χ0) is 33.2. The number of hydrogen-bond acceptors (Lipinski definition) is 9. The van der Waals surface area contributed by atoms with E-state index in [9.17, 15) is 19.2 Å². The average Bonchev–Trinajstić information content (AvgIpc) is 3.05. The molecule has 0 bridgehead atoms. The van der Waals surface area contributed by atoms with E-state index in [4.69, 9.17) is 24.8 Å². The van der Waals surface area contributed by atoms with E-state index in [0.717, 1.165) is 36.8 Å². The first-order chi connectivity index (χ1) is 22.4. The highest BCUT2D eigenvalue weighted by Gasteiger charge is 2.14. The van der Waals surface area contributed by atoms with Gasteiger partial charge in [-0.05, 0) is 61.6 Å². The van der Waals surface area contributed by atoms with E-state index in [-0.39, 0.29) is 50.2 Å². The molecule has 0 heterocycles. The van der Waals surface area contributed by atoms with Crippen molar-refractivity contribution >= 4 is 36.1 Å². The summed E-state index contributed by atoms with van der Waals surface area (Å²) in [7, 11) is 1.59. The molecule has 2 aromatic carbocycles. The molecule has 0 aromatic heterocycles. The molecule has 2 aromatic rings. The first-order valence-corrected chi connectivity index (χ1v) is 15.9. The van der Waals surface area contributed by atoms with Gasteiger partial charge in [0.25, 0.3) is 5.91 Å². The van der Waals surface area contributed by atoms with E-state index in [1.807, 2.05) is 30.3 Å². The predicted molar refractivity (Wildman–Crippen MR) is 181 cm³/mol. The van der Waals surface area contributed by atoms with E-state index in [2.05, 4.69) is 40.4 Å². The van der Waals surface area contributed by atoms with Gasteiger partial charge in [-0.15, -0.1) is 12.4 Å². The van der Waals surface area contributed by atoms with Crippen molar-refractivity contribution in [1.29, 1.82) is 0 Å². The Morgan fingerprint density at radius 2 is 1.43 bits per heavy atom. The Balaban J connectivity index is 0.0000110. The fourth-order valence-electron chi connectivity index (χ4n) is 4.43. The molecule has 0 spiro atoms. The normalized spacial score (nSPS) is 11.2. The van der Waals surface area contributed by atoms with Crippen molar-refractivity contribution in [3.8, 4) is 0 Å². The van der Waals surface area contributed by atoms with Crippen molar-refractivity contribution < 1.29 is 38.2 Å². The van der Waals surface area contributed by atoms with E-state index in [0.29, 0.717) is 52.2 Å². The lowest BCUT2D eigenvalue weighted by Crippen LogP contribution is -2.41. The Labute approximate surface area is 284 Å². The van der Waals surface area contributed by atoms with Crippen LogP contribution in [0.4, 0.5) is 0 Å². The Morgan fingerprint density at radius 3 is 2.19 bits per heavy atom. The molecule has 3 amide bonds. The standard InChI is InChI=1S/C34H50N4O8.ClH/c1-43-20-21-44-22-23-45-26-32(40)36-18-8-7-16-30(35)34(42)37-19-17-33(41)46-38-31(39)25-29-15-9-14-28(24-29)13-6-5-12-27-10-3-2-4-11-27;/h2-4,9-11,14-15,24,30H,5-8,12-13,16-23,25-26,35H2,1H3,(H,36,40)(H,37,42)(H,38,39);1H/t30-;/m0./s1. The molecule has 0 aliphatic carbocycles. The van der Waals surface area contributed by atoms with Gasteiger partial charge in [0, 0.05) is 20.2 Å². The van der Waals surface area contributed by atoms with Gasteiger partial charge in [0.2, 0.25) is 11.8 Å². The van der Waals surface area contributed by atoms with Crippen molar-refractivity contribution in [3.05, 3.63) is 71.3 Å². The molecule has 0 aliphatic rings. The van der Waals surface area contributed by atoms with Crippen LogP contribution in [0.2, 0.25) is 0 Å². The molecule has 0 saturated carbocycles. The highest BCUT2D eigenvalue weighted by atomic mass is 35.5. The summed E-state index contributed by atoms with van der Waals surface area (Å²) in [6, 6.07) is 17.5. The Bertz CT molecular complexity index is 1170. The minimum Gasteiger partial charge on any atom is -0.382 e. The van der Waals surface area contributed by atoms with Crippen molar-refractivity contribution in [2.75, 3.05) is 53.2 Å². The summed E-state index contributed by atoms with van der Waals surface area (Å²) in [6.45, 7) is 2.12. The molecule has 12 nitrogen and oxygen atoms in total. The fourth-order valence-corrected chi connectivity index (χ4v) is 4.43. The molecule has 0 aliphatic heterocycles. The van der Waals surface area contributed by atoms with Crippen LogP contribution < -0.4 is 21.8 Å². The molecule has 5 N–H and O–H groups in total. The topological polar surface area (TPSA) is 167 Å². The van der Waals surface area contributed by atoms with Crippen LogP contribution in [0.25, 0.3) is 0 Å². The van der Waals surface area contributed by atoms with Crippen LogP contribution in [-0.4, -0.2) is 83.0 Å². The molecule has 47 heavy (non-hydrogen) atoms. The number of benzene rings is 2. The van der Waals surface area contributed by atoms with Gasteiger partial charge in [0.05, 0.1) is 45.3 Å². The van der Waals surface area contributed by atoms with Crippen LogP contribution >= 0.6 is 12.4 Å². The lowest BCUT2D eigenvalue weighted by molar-refractivity contribution is -0.158. The molecular formula is C34H51ClN4O8. The number of carbonyl (C=O) groups is 4. The Kier molecular flexibility index (Phi) is 23.4. The van der Waals surface area contributed by atoms with Crippen molar-refractivity contribution in [3.63, 3.8) is 0 Å². The molecule has 1 atom stereocenters. The number of nitrogens with one attached hydrogen (secondary N) is 3. The second-order valence-electron chi connectivity index (χ2n) is 10.8. The summed E-state index contributed by atoms with van der Waals surface area (Å²) in [6.07, 6.45) is 5.77. The van der Waals surface area contributed by atoms with Crippen LogP contribution in [0.15, 0.2) is 54.6 Å². The number of amides is 3. The minimum atomic E-state index is -0.743. The van der Waals surface area contributed by atoms with Crippen LogP contribution in [0.1, 0.15) is 55.2 Å². The highest BCUT2D eigenvalue weighted by Crippen LogP contribution is 2.12. The minimum absolute atomic E-state index is 0. The summed E-state index contributed by atoms with van der Waals surface area (Å²) in [4.78, 5) is 53.1. The maximum Gasteiger partial charge on any atom is 0.334 e. The summed E-state index contributed by atoms with van der Waals surface area (Å²) in [5, 5.41) is 5.35.